The highest BCUT2D eigenvalue weighted by molar-refractivity contribution is 5.85. The van der Waals surface area contributed by atoms with E-state index in [9.17, 15) is 4.39 Å². The predicted molar refractivity (Wildman–Crippen MR) is 89.6 cm³/mol. The molecule has 120 valence electrons. The minimum atomic E-state index is -0.0449. The normalized spacial score (nSPS) is 18.9. The summed E-state index contributed by atoms with van der Waals surface area (Å²) < 4.78 is 14.4. The van der Waals surface area contributed by atoms with E-state index >= 15 is 0 Å². The van der Waals surface area contributed by atoms with Crippen LogP contribution in [0.2, 0.25) is 0 Å². The molecule has 21 heavy (non-hydrogen) atoms. The number of halogens is 2. The highest BCUT2D eigenvalue weighted by Crippen LogP contribution is 2.33. The predicted octanol–water partition coefficient (Wildman–Crippen LogP) is 3.94. The van der Waals surface area contributed by atoms with E-state index in [-0.39, 0.29) is 24.3 Å². The van der Waals surface area contributed by atoms with Gasteiger partial charge in [-0.15, -0.1) is 12.4 Å². The van der Waals surface area contributed by atoms with Gasteiger partial charge in [0.2, 0.25) is 0 Å². The van der Waals surface area contributed by atoms with Gasteiger partial charge in [0.05, 0.1) is 0 Å². The zero-order chi connectivity index (χ0) is 14.5. The molecule has 1 unspecified atom stereocenters. The molecule has 1 N–H and O–H groups in total. The van der Waals surface area contributed by atoms with Gasteiger partial charge in [0.1, 0.15) is 5.82 Å². The molecule has 0 aromatic heterocycles. The second kappa shape index (κ2) is 8.72. The summed E-state index contributed by atoms with van der Waals surface area (Å²) in [5, 5.41) is 3.38. The summed E-state index contributed by atoms with van der Waals surface area (Å²) in [5.74, 6) is 0.437. The van der Waals surface area contributed by atoms with E-state index in [2.05, 4.69) is 24.1 Å². The Kier molecular flexibility index (Phi) is 7.64. The van der Waals surface area contributed by atoms with Crippen LogP contribution in [-0.2, 0) is 0 Å². The average Bonchev–Trinajstić information content (AvgIpc) is 2.43. The van der Waals surface area contributed by atoms with Gasteiger partial charge in [-0.3, -0.25) is 4.90 Å². The lowest BCUT2D eigenvalue weighted by Gasteiger charge is -2.38. The standard InChI is InChI=1S/C17H27FN2.ClH/c1-4-5-14(3)17(20-10-8-19-9-11-20)15-7-6-13(2)12-16(15)18;/h6-7,12,14,17,19H,4-5,8-11H2,1-3H3;1H/t14?,17-;/m1./s1. The van der Waals surface area contributed by atoms with Crippen LogP contribution in [-0.4, -0.2) is 31.1 Å². The molecule has 1 aliphatic rings. The molecule has 1 aromatic rings. The Morgan fingerprint density at radius 2 is 1.95 bits per heavy atom. The maximum absolute atomic E-state index is 14.4. The first-order valence-electron chi connectivity index (χ1n) is 7.84. The number of rotatable bonds is 5. The fourth-order valence-corrected chi connectivity index (χ4v) is 3.31. The first-order valence-corrected chi connectivity index (χ1v) is 7.84. The molecule has 0 radical (unpaired) electrons. The molecule has 0 spiro atoms. The van der Waals surface area contributed by atoms with E-state index in [1.807, 2.05) is 19.1 Å². The topological polar surface area (TPSA) is 15.3 Å². The Hall–Kier alpha value is -0.640. The third-order valence-corrected chi connectivity index (χ3v) is 4.30. The van der Waals surface area contributed by atoms with Crippen LogP contribution in [0.3, 0.4) is 0 Å². The van der Waals surface area contributed by atoms with Crippen molar-refractivity contribution in [1.29, 1.82) is 0 Å². The summed E-state index contributed by atoms with van der Waals surface area (Å²) in [6, 6.07) is 5.90. The van der Waals surface area contributed by atoms with Crippen LogP contribution in [0, 0.1) is 18.7 Å². The van der Waals surface area contributed by atoms with Crippen molar-refractivity contribution in [2.24, 2.45) is 5.92 Å². The molecule has 2 rings (SSSR count). The van der Waals surface area contributed by atoms with E-state index in [0.29, 0.717) is 5.92 Å². The van der Waals surface area contributed by atoms with Crippen molar-refractivity contribution in [2.45, 2.75) is 39.7 Å². The van der Waals surface area contributed by atoms with E-state index in [4.69, 9.17) is 0 Å². The molecule has 1 heterocycles. The zero-order valence-corrected chi connectivity index (χ0v) is 14.2. The third kappa shape index (κ3) is 4.67. The first-order chi connectivity index (χ1) is 9.63. The molecule has 0 amide bonds. The minimum absolute atomic E-state index is 0. The van der Waals surface area contributed by atoms with Gasteiger partial charge in [-0.1, -0.05) is 32.4 Å². The average molecular weight is 315 g/mol. The van der Waals surface area contributed by atoms with E-state index < -0.39 is 0 Å². The Morgan fingerprint density at radius 1 is 1.29 bits per heavy atom. The molecule has 1 aromatic carbocycles. The van der Waals surface area contributed by atoms with Crippen LogP contribution < -0.4 is 5.32 Å². The maximum atomic E-state index is 14.4. The van der Waals surface area contributed by atoms with Gasteiger partial charge < -0.3 is 5.32 Å². The van der Waals surface area contributed by atoms with Gasteiger partial charge >= 0.3 is 0 Å². The van der Waals surface area contributed by atoms with Crippen molar-refractivity contribution >= 4 is 12.4 Å². The van der Waals surface area contributed by atoms with Crippen molar-refractivity contribution < 1.29 is 4.39 Å². The molecular formula is C17H28ClFN2. The van der Waals surface area contributed by atoms with Gasteiger partial charge in [-0.2, -0.15) is 0 Å². The van der Waals surface area contributed by atoms with Gasteiger partial charge in [0, 0.05) is 37.8 Å². The maximum Gasteiger partial charge on any atom is 0.128 e. The van der Waals surface area contributed by atoms with Crippen molar-refractivity contribution in [2.75, 3.05) is 26.2 Å². The van der Waals surface area contributed by atoms with Crippen LogP contribution in [0.4, 0.5) is 4.39 Å². The van der Waals surface area contributed by atoms with Crippen molar-refractivity contribution in [3.8, 4) is 0 Å². The summed E-state index contributed by atoms with van der Waals surface area (Å²) >= 11 is 0. The Morgan fingerprint density at radius 3 is 2.52 bits per heavy atom. The summed E-state index contributed by atoms with van der Waals surface area (Å²) in [6.45, 7) is 10.4. The van der Waals surface area contributed by atoms with Gasteiger partial charge in [0.25, 0.3) is 0 Å². The van der Waals surface area contributed by atoms with Crippen molar-refractivity contribution in [3.05, 3.63) is 35.1 Å². The summed E-state index contributed by atoms with van der Waals surface area (Å²) in [7, 11) is 0. The summed E-state index contributed by atoms with van der Waals surface area (Å²) in [6.07, 6.45) is 2.29. The molecule has 1 saturated heterocycles. The van der Waals surface area contributed by atoms with Crippen LogP contribution in [0.15, 0.2) is 18.2 Å². The van der Waals surface area contributed by atoms with Gasteiger partial charge in [-0.25, -0.2) is 4.39 Å². The van der Waals surface area contributed by atoms with E-state index in [1.54, 1.807) is 6.07 Å². The molecule has 1 aliphatic heterocycles. The van der Waals surface area contributed by atoms with E-state index in [1.165, 1.54) is 0 Å². The lowest BCUT2D eigenvalue weighted by atomic mass is 9.88. The molecule has 4 heteroatoms. The SMILES string of the molecule is CCCC(C)[C@H](c1ccc(C)cc1F)N1CCNCC1.Cl. The van der Waals surface area contributed by atoms with Crippen molar-refractivity contribution in [1.82, 2.24) is 10.2 Å². The van der Waals surface area contributed by atoms with Gasteiger partial charge in [0.15, 0.2) is 0 Å². The number of nitrogens with zero attached hydrogens (tertiary/aromatic N) is 1. The number of hydrogen-bond donors (Lipinski definition) is 1. The number of aryl methyl sites for hydroxylation is 1. The first kappa shape index (κ1) is 18.4. The highest BCUT2D eigenvalue weighted by Gasteiger charge is 2.28. The quantitative estimate of drug-likeness (QED) is 0.885. The molecule has 0 bridgehead atoms. The van der Waals surface area contributed by atoms with Crippen LogP contribution in [0.1, 0.15) is 43.9 Å². The Balaban J connectivity index is 0.00000220. The molecule has 0 saturated carbocycles. The largest absolute Gasteiger partial charge is 0.314 e. The lowest BCUT2D eigenvalue weighted by molar-refractivity contribution is 0.123. The summed E-state index contributed by atoms with van der Waals surface area (Å²) in [4.78, 5) is 2.45. The number of piperazine rings is 1. The Labute approximate surface area is 134 Å². The van der Waals surface area contributed by atoms with Crippen LogP contribution >= 0.6 is 12.4 Å². The molecular weight excluding hydrogens is 287 g/mol. The fraction of sp³-hybridized carbons (Fsp3) is 0.647. The second-order valence-corrected chi connectivity index (χ2v) is 6.02. The molecule has 2 nitrogen and oxygen atoms in total. The van der Waals surface area contributed by atoms with Crippen LogP contribution in [0.25, 0.3) is 0 Å². The molecule has 0 aliphatic carbocycles. The monoisotopic (exact) mass is 314 g/mol. The second-order valence-electron chi connectivity index (χ2n) is 6.02. The minimum Gasteiger partial charge on any atom is -0.314 e. The smallest absolute Gasteiger partial charge is 0.128 e. The highest BCUT2D eigenvalue weighted by atomic mass is 35.5. The number of hydrogen-bond acceptors (Lipinski definition) is 2. The summed E-state index contributed by atoms with van der Waals surface area (Å²) in [5.41, 5.74) is 1.87. The van der Waals surface area contributed by atoms with Crippen LogP contribution in [0.5, 0.6) is 0 Å². The van der Waals surface area contributed by atoms with Crippen molar-refractivity contribution in [3.63, 3.8) is 0 Å². The van der Waals surface area contributed by atoms with E-state index in [0.717, 1.165) is 50.1 Å². The van der Waals surface area contributed by atoms with Gasteiger partial charge in [-0.05, 0) is 30.9 Å². The fourth-order valence-electron chi connectivity index (χ4n) is 3.31. The molecule has 2 atom stereocenters. The molecule has 1 fully saturated rings. The zero-order valence-electron chi connectivity index (χ0n) is 13.4. The Bertz CT molecular complexity index is 433. The lowest BCUT2D eigenvalue weighted by Crippen LogP contribution is -2.46. The number of benzene rings is 1. The number of nitrogens with one attached hydrogen (secondary N) is 1. The third-order valence-electron chi connectivity index (χ3n) is 4.30.